The van der Waals surface area contributed by atoms with Gasteiger partial charge in [-0.3, -0.25) is 9.59 Å². The van der Waals surface area contributed by atoms with Gasteiger partial charge in [-0.1, -0.05) is 12.1 Å². The van der Waals surface area contributed by atoms with E-state index in [4.69, 9.17) is 4.74 Å². The smallest absolute Gasteiger partial charge is 0.256 e. The van der Waals surface area contributed by atoms with Crippen molar-refractivity contribution in [3.8, 4) is 5.75 Å². The molecule has 2 aromatic rings. The van der Waals surface area contributed by atoms with Crippen LogP contribution in [0.5, 0.6) is 5.75 Å². The van der Waals surface area contributed by atoms with Crippen LogP contribution in [0.4, 0.5) is 5.69 Å². The van der Waals surface area contributed by atoms with Gasteiger partial charge in [0.05, 0.1) is 12.7 Å². The third-order valence-corrected chi connectivity index (χ3v) is 3.64. The second kappa shape index (κ2) is 6.54. The molecule has 0 aromatic heterocycles. The highest BCUT2D eigenvalue weighted by atomic mass is 79.9. The third-order valence-electron chi connectivity index (χ3n) is 2.95. The lowest BCUT2D eigenvalue weighted by Crippen LogP contribution is -2.13. The first-order valence-electron chi connectivity index (χ1n) is 6.27. The highest BCUT2D eigenvalue weighted by molar-refractivity contribution is 9.10. The zero-order chi connectivity index (χ0) is 15.4. The fourth-order valence-electron chi connectivity index (χ4n) is 1.82. The van der Waals surface area contributed by atoms with Crippen molar-refractivity contribution < 1.29 is 14.3 Å². The minimum atomic E-state index is -0.276. The quantitative estimate of drug-likeness (QED) is 0.853. The highest BCUT2D eigenvalue weighted by Crippen LogP contribution is 2.23. The standard InChI is InChI=1S/C16H14BrNO3/c1-10(19)11-4-3-5-12(8-11)18-16(20)14-9-13(21-2)6-7-15(14)17/h3-9H,1-2H3,(H,18,20). The Hall–Kier alpha value is -2.14. The molecule has 0 saturated carbocycles. The predicted molar refractivity (Wildman–Crippen MR) is 85.1 cm³/mol. The van der Waals surface area contributed by atoms with E-state index in [9.17, 15) is 9.59 Å². The molecule has 0 spiro atoms. The molecule has 0 aliphatic rings. The molecule has 0 aliphatic heterocycles. The van der Waals surface area contributed by atoms with E-state index in [1.165, 1.54) is 6.92 Å². The number of ether oxygens (including phenoxy) is 1. The summed E-state index contributed by atoms with van der Waals surface area (Å²) in [6, 6.07) is 12.0. The molecule has 1 N–H and O–H groups in total. The van der Waals surface area contributed by atoms with Gasteiger partial charge >= 0.3 is 0 Å². The molecule has 4 nitrogen and oxygen atoms in total. The number of halogens is 1. The number of amides is 1. The van der Waals surface area contributed by atoms with Crippen molar-refractivity contribution in [2.24, 2.45) is 0 Å². The molecule has 0 unspecified atom stereocenters. The Morgan fingerprint density at radius 2 is 1.90 bits per heavy atom. The Balaban J connectivity index is 2.25. The topological polar surface area (TPSA) is 55.4 Å². The zero-order valence-electron chi connectivity index (χ0n) is 11.6. The van der Waals surface area contributed by atoms with Gasteiger partial charge in [-0.15, -0.1) is 0 Å². The summed E-state index contributed by atoms with van der Waals surface area (Å²) in [6.07, 6.45) is 0. The van der Waals surface area contributed by atoms with Gasteiger partial charge in [0.1, 0.15) is 5.75 Å². The molecule has 0 radical (unpaired) electrons. The molecular weight excluding hydrogens is 334 g/mol. The van der Waals surface area contributed by atoms with Crippen LogP contribution in [-0.2, 0) is 0 Å². The maximum atomic E-state index is 12.3. The van der Waals surface area contributed by atoms with Crippen molar-refractivity contribution in [2.45, 2.75) is 6.92 Å². The second-order valence-corrected chi connectivity index (χ2v) is 5.29. The number of benzene rings is 2. The number of carbonyl (C=O) groups is 2. The molecule has 0 bridgehead atoms. The zero-order valence-corrected chi connectivity index (χ0v) is 13.2. The molecular formula is C16H14BrNO3. The molecule has 2 aromatic carbocycles. The first kappa shape index (κ1) is 15.3. The van der Waals surface area contributed by atoms with E-state index in [1.54, 1.807) is 49.6 Å². The van der Waals surface area contributed by atoms with Gasteiger partial charge in [0, 0.05) is 15.7 Å². The summed E-state index contributed by atoms with van der Waals surface area (Å²) in [6.45, 7) is 1.49. The van der Waals surface area contributed by atoms with Crippen LogP contribution in [0.1, 0.15) is 27.6 Å². The van der Waals surface area contributed by atoms with Gasteiger partial charge in [-0.25, -0.2) is 0 Å². The lowest BCUT2D eigenvalue weighted by Gasteiger charge is -2.09. The van der Waals surface area contributed by atoms with E-state index >= 15 is 0 Å². The highest BCUT2D eigenvalue weighted by Gasteiger charge is 2.12. The summed E-state index contributed by atoms with van der Waals surface area (Å²) < 4.78 is 5.79. The van der Waals surface area contributed by atoms with Crippen LogP contribution in [0.15, 0.2) is 46.9 Å². The van der Waals surface area contributed by atoms with Crippen LogP contribution >= 0.6 is 15.9 Å². The molecule has 1 amide bonds. The van der Waals surface area contributed by atoms with Crippen molar-refractivity contribution in [1.29, 1.82) is 0 Å². The summed E-state index contributed by atoms with van der Waals surface area (Å²) in [4.78, 5) is 23.7. The maximum Gasteiger partial charge on any atom is 0.256 e. The van der Waals surface area contributed by atoms with Crippen molar-refractivity contribution in [2.75, 3.05) is 12.4 Å². The second-order valence-electron chi connectivity index (χ2n) is 4.44. The number of anilines is 1. The largest absolute Gasteiger partial charge is 0.497 e. The number of carbonyl (C=O) groups excluding carboxylic acids is 2. The number of methoxy groups -OCH3 is 1. The van der Waals surface area contributed by atoms with E-state index in [-0.39, 0.29) is 11.7 Å². The number of hydrogen-bond donors (Lipinski definition) is 1. The molecule has 2 rings (SSSR count). The number of hydrogen-bond acceptors (Lipinski definition) is 3. The number of ketones is 1. The Kier molecular flexibility index (Phi) is 4.75. The first-order valence-corrected chi connectivity index (χ1v) is 7.06. The summed E-state index contributed by atoms with van der Waals surface area (Å²) in [5.41, 5.74) is 1.59. The van der Waals surface area contributed by atoms with Crippen molar-refractivity contribution in [3.63, 3.8) is 0 Å². The Morgan fingerprint density at radius 3 is 2.57 bits per heavy atom. The minimum Gasteiger partial charge on any atom is -0.497 e. The lowest BCUT2D eigenvalue weighted by atomic mass is 10.1. The molecule has 21 heavy (non-hydrogen) atoms. The molecule has 108 valence electrons. The van der Waals surface area contributed by atoms with Crippen LogP contribution in [0.2, 0.25) is 0 Å². The van der Waals surface area contributed by atoms with E-state index in [0.717, 1.165) is 0 Å². The van der Waals surface area contributed by atoms with Gasteiger partial charge in [0.2, 0.25) is 0 Å². The van der Waals surface area contributed by atoms with Crippen molar-refractivity contribution in [3.05, 3.63) is 58.1 Å². The van der Waals surface area contributed by atoms with Crippen LogP contribution in [0.3, 0.4) is 0 Å². The van der Waals surface area contributed by atoms with Gasteiger partial charge < -0.3 is 10.1 Å². The van der Waals surface area contributed by atoms with Gasteiger partial charge in [-0.05, 0) is 53.2 Å². The molecule has 0 aliphatic carbocycles. The first-order chi connectivity index (χ1) is 10.0. The fraction of sp³-hybridized carbons (Fsp3) is 0.125. The molecule has 5 heteroatoms. The van der Waals surface area contributed by atoms with Crippen LogP contribution in [0, 0.1) is 0 Å². The average Bonchev–Trinajstić information content (AvgIpc) is 2.48. The average molecular weight is 348 g/mol. The lowest BCUT2D eigenvalue weighted by molar-refractivity contribution is 0.101. The van der Waals surface area contributed by atoms with Crippen LogP contribution < -0.4 is 10.1 Å². The molecule has 0 heterocycles. The summed E-state index contributed by atoms with van der Waals surface area (Å²) in [5.74, 6) is 0.274. The normalized spacial score (nSPS) is 10.0. The molecule has 0 saturated heterocycles. The fourth-order valence-corrected chi connectivity index (χ4v) is 2.25. The number of rotatable bonds is 4. The van der Waals surface area contributed by atoms with E-state index < -0.39 is 0 Å². The summed E-state index contributed by atoms with van der Waals surface area (Å²) in [7, 11) is 1.54. The summed E-state index contributed by atoms with van der Waals surface area (Å²) in [5, 5.41) is 2.77. The maximum absolute atomic E-state index is 12.3. The Labute approximate surface area is 131 Å². The van der Waals surface area contributed by atoms with E-state index in [0.29, 0.717) is 27.0 Å². The number of nitrogens with one attached hydrogen (secondary N) is 1. The third kappa shape index (κ3) is 3.70. The van der Waals surface area contributed by atoms with Crippen molar-refractivity contribution >= 4 is 33.3 Å². The summed E-state index contributed by atoms with van der Waals surface area (Å²) >= 11 is 3.34. The monoisotopic (exact) mass is 347 g/mol. The van der Waals surface area contributed by atoms with Crippen LogP contribution in [-0.4, -0.2) is 18.8 Å². The number of Topliss-reactive ketones (excluding diaryl/α,β-unsaturated/α-hetero) is 1. The van der Waals surface area contributed by atoms with Gasteiger partial charge in [-0.2, -0.15) is 0 Å². The Bertz CT molecular complexity index is 698. The van der Waals surface area contributed by atoms with Gasteiger partial charge in [0.15, 0.2) is 5.78 Å². The van der Waals surface area contributed by atoms with Crippen LogP contribution in [0.25, 0.3) is 0 Å². The molecule has 0 atom stereocenters. The SMILES string of the molecule is COc1ccc(Br)c(C(=O)Nc2cccc(C(C)=O)c2)c1. The molecule has 0 fully saturated rings. The van der Waals surface area contributed by atoms with Crippen molar-refractivity contribution in [1.82, 2.24) is 0 Å². The predicted octanol–water partition coefficient (Wildman–Crippen LogP) is 3.91. The minimum absolute atomic E-state index is 0.0475. The van der Waals surface area contributed by atoms with E-state index in [2.05, 4.69) is 21.2 Å². The Morgan fingerprint density at radius 1 is 1.14 bits per heavy atom. The van der Waals surface area contributed by atoms with Gasteiger partial charge in [0.25, 0.3) is 5.91 Å². The van der Waals surface area contributed by atoms with E-state index in [1.807, 2.05) is 0 Å².